The van der Waals surface area contributed by atoms with Gasteiger partial charge in [0.05, 0.1) is 7.11 Å². The highest BCUT2D eigenvalue weighted by Gasteiger charge is 2.50. The first-order valence-electron chi connectivity index (χ1n) is 4.74. The highest BCUT2D eigenvalue weighted by molar-refractivity contribution is 5.88. The van der Waals surface area contributed by atoms with Crippen LogP contribution >= 0.6 is 0 Å². The van der Waals surface area contributed by atoms with Gasteiger partial charge in [-0.15, -0.1) is 0 Å². The highest BCUT2D eigenvalue weighted by atomic mass is 19.4. The van der Waals surface area contributed by atoms with Crippen molar-refractivity contribution in [1.82, 2.24) is 4.90 Å². The van der Waals surface area contributed by atoms with Crippen LogP contribution < -0.4 is 0 Å². The number of amides is 1. The van der Waals surface area contributed by atoms with Crippen molar-refractivity contribution < 1.29 is 27.5 Å². The summed E-state index contributed by atoms with van der Waals surface area (Å²) >= 11 is 0. The maximum atomic E-state index is 12.2. The molecule has 0 unspecified atom stereocenters. The van der Waals surface area contributed by atoms with Crippen LogP contribution in [0.25, 0.3) is 0 Å². The molecule has 1 aliphatic heterocycles. The molecule has 0 aliphatic carbocycles. The minimum atomic E-state index is -4.95. The molecule has 0 N–H and O–H groups in total. The van der Waals surface area contributed by atoms with E-state index in [-0.39, 0.29) is 12.5 Å². The standard InChI is InChI=1S/C9H12F3NO3/c1-5-3-4-13(6(5)7(14)16-2)8(15)9(10,11)12/h5-6H,3-4H2,1-2H3/t5-,6-/m0/s1. The minimum Gasteiger partial charge on any atom is -0.467 e. The number of hydrogen-bond donors (Lipinski definition) is 0. The van der Waals surface area contributed by atoms with E-state index in [0.29, 0.717) is 11.3 Å². The fourth-order valence-electron chi connectivity index (χ4n) is 1.82. The van der Waals surface area contributed by atoms with Crippen LogP contribution in [0.4, 0.5) is 13.2 Å². The smallest absolute Gasteiger partial charge is 0.467 e. The third-order valence-corrected chi connectivity index (χ3v) is 2.65. The van der Waals surface area contributed by atoms with Gasteiger partial charge in [0.15, 0.2) is 0 Å². The van der Waals surface area contributed by atoms with E-state index in [4.69, 9.17) is 0 Å². The lowest BCUT2D eigenvalue weighted by atomic mass is 10.0. The third kappa shape index (κ3) is 2.28. The van der Waals surface area contributed by atoms with E-state index >= 15 is 0 Å². The predicted octanol–water partition coefficient (Wildman–Crippen LogP) is 0.959. The Labute approximate surface area is 90.3 Å². The van der Waals surface area contributed by atoms with E-state index in [2.05, 4.69) is 4.74 Å². The lowest BCUT2D eigenvalue weighted by Gasteiger charge is -2.25. The van der Waals surface area contributed by atoms with Crippen molar-refractivity contribution in [1.29, 1.82) is 0 Å². The largest absolute Gasteiger partial charge is 0.471 e. The molecule has 0 radical (unpaired) electrons. The molecule has 4 nitrogen and oxygen atoms in total. The lowest BCUT2D eigenvalue weighted by molar-refractivity contribution is -0.188. The Morgan fingerprint density at radius 3 is 2.38 bits per heavy atom. The first kappa shape index (κ1) is 12.8. The van der Waals surface area contributed by atoms with Crippen LogP contribution in [0.2, 0.25) is 0 Å². The van der Waals surface area contributed by atoms with Crippen LogP contribution in [0, 0.1) is 5.92 Å². The van der Waals surface area contributed by atoms with E-state index in [1.54, 1.807) is 6.92 Å². The highest BCUT2D eigenvalue weighted by Crippen LogP contribution is 2.29. The molecule has 0 spiro atoms. The zero-order chi connectivity index (χ0) is 12.5. The fourth-order valence-corrected chi connectivity index (χ4v) is 1.82. The summed E-state index contributed by atoms with van der Waals surface area (Å²) in [5.74, 6) is -3.10. The summed E-state index contributed by atoms with van der Waals surface area (Å²) < 4.78 is 41.1. The zero-order valence-electron chi connectivity index (χ0n) is 8.87. The van der Waals surface area contributed by atoms with Crippen molar-refractivity contribution in [3.63, 3.8) is 0 Å². The molecule has 0 aromatic heterocycles. The summed E-state index contributed by atoms with van der Waals surface area (Å²) in [7, 11) is 1.09. The minimum absolute atomic E-state index is 0.0702. The maximum Gasteiger partial charge on any atom is 0.471 e. The monoisotopic (exact) mass is 239 g/mol. The van der Waals surface area contributed by atoms with Gasteiger partial charge in [0.2, 0.25) is 0 Å². The molecule has 7 heteroatoms. The third-order valence-electron chi connectivity index (χ3n) is 2.65. The van der Waals surface area contributed by atoms with Gasteiger partial charge in [-0.2, -0.15) is 13.2 Å². The summed E-state index contributed by atoms with van der Waals surface area (Å²) in [4.78, 5) is 22.9. The number of esters is 1. The van der Waals surface area contributed by atoms with Crippen molar-refractivity contribution in [3.05, 3.63) is 0 Å². The number of nitrogens with zero attached hydrogens (tertiary/aromatic N) is 1. The first-order chi connectivity index (χ1) is 7.29. The van der Waals surface area contributed by atoms with Crippen LogP contribution in [0.1, 0.15) is 13.3 Å². The number of likely N-dealkylation sites (tertiary alicyclic amines) is 1. The van der Waals surface area contributed by atoms with E-state index in [9.17, 15) is 22.8 Å². The summed E-state index contributed by atoms with van der Waals surface area (Å²) in [6.45, 7) is 1.55. The maximum absolute atomic E-state index is 12.2. The Bertz CT molecular complexity index is 303. The second kappa shape index (κ2) is 4.31. The molecule has 1 rings (SSSR count). The Kier molecular flexibility index (Phi) is 3.44. The zero-order valence-corrected chi connectivity index (χ0v) is 8.87. The van der Waals surface area contributed by atoms with Crippen molar-refractivity contribution in [3.8, 4) is 0 Å². The average Bonchev–Trinajstić information content (AvgIpc) is 2.56. The van der Waals surface area contributed by atoms with Crippen molar-refractivity contribution in [2.75, 3.05) is 13.7 Å². The Morgan fingerprint density at radius 1 is 1.38 bits per heavy atom. The number of carbonyl (C=O) groups is 2. The number of hydrogen-bond acceptors (Lipinski definition) is 3. The van der Waals surface area contributed by atoms with Crippen molar-refractivity contribution in [2.45, 2.75) is 25.6 Å². The van der Waals surface area contributed by atoms with Crippen LogP contribution in [0.5, 0.6) is 0 Å². The van der Waals surface area contributed by atoms with Crippen LogP contribution in [0.3, 0.4) is 0 Å². The number of halogens is 3. The van der Waals surface area contributed by atoms with E-state index in [0.717, 1.165) is 7.11 Å². The van der Waals surface area contributed by atoms with Gasteiger partial charge in [-0.3, -0.25) is 4.79 Å². The van der Waals surface area contributed by atoms with Gasteiger partial charge >= 0.3 is 18.1 Å². The van der Waals surface area contributed by atoms with E-state index in [1.165, 1.54) is 0 Å². The number of ether oxygens (including phenoxy) is 1. The Morgan fingerprint density at radius 2 is 1.94 bits per heavy atom. The van der Waals surface area contributed by atoms with Crippen molar-refractivity contribution >= 4 is 11.9 Å². The SMILES string of the molecule is COC(=O)[C@@H]1[C@@H](C)CCN1C(=O)C(F)(F)F. The predicted molar refractivity (Wildman–Crippen MR) is 47.4 cm³/mol. The molecule has 16 heavy (non-hydrogen) atoms. The van der Waals surface area contributed by atoms with Gasteiger partial charge < -0.3 is 9.64 Å². The quantitative estimate of drug-likeness (QED) is 0.640. The Hall–Kier alpha value is -1.27. The molecule has 92 valence electrons. The van der Waals surface area contributed by atoms with Gasteiger partial charge in [-0.05, 0) is 12.3 Å². The molecule has 1 saturated heterocycles. The molecule has 2 atom stereocenters. The molecule has 0 aromatic carbocycles. The van der Waals surface area contributed by atoms with Gasteiger partial charge in [-0.1, -0.05) is 6.92 Å². The van der Waals surface area contributed by atoms with Crippen LogP contribution in [-0.4, -0.2) is 42.6 Å². The number of alkyl halides is 3. The summed E-state index contributed by atoms with van der Waals surface area (Å²) in [6.07, 6.45) is -4.59. The van der Waals surface area contributed by atoms with Gasteiger partial charge in [0.25, 0.3) is 0 Å². The van der Waals surface area contributed by atoms with E-state index < -0.39 is 24.1 Å². The molecule has 1 heterocycles. The summed E-state index contributed by atoms with van der Waals surface area (Å²) in [5.41, 5.74) is 0. The molecule has 1 fully saturated rings. The normalized spacial score (nSPS) is 25.7. The van der Waals surface area contributed by atoms with Gasteiger partial charge in [-0.25, -0.2) is 4.79 Å². The number of methoxy groups -OCH3 is 1. The van der Waals surface area contributed by atoms with Gasteiger partial charge in [0, 0.05) is 6.54 Å². The van der Waals surface area contributed by atoms with Crippen LogP contribution in [-0.2, 0) is 14.3 Å². The summed E-state index contributed by atoms with van der Waals surface area (Å²) in [6, 6.07) is -1.13. The molecule has 0 aromatic rings. The molecule has 1 amide bonds. The molecule has 0 bridgehead atoms. The summed E-state index contributed by atoms with van der Waals surface area (Å²) in [5, 5.41) is 0. The molecular weight excluding hydrogens is 227 g/mol. The lowest BCUT2D eigenvalue weighted by Crippen LogP contribution is -2.48. The number of rotatable bonds is 1. The fraction of sp³-hybridized carbons (Fsp3) is 0.778. The average molecular weight is 239 g/mol. The molecule has 0 saturated carbocycles. The topological polar surface area (TPSA) is 46.6 Å². The van der Waals surface area contributed by atoms with Crippen molar-refractivity contribution in [2.24, 2.45) is 5.92 Å². The second-order valence-electron chi connectivity index (χ2n) is 3.73. The molecular formula is C9H12F3NO3. The molecule has 1 aliphatic rings. The van der Waals surface area contributed by atoms with Crippen LogP contribution in [0.15, 0.2) is 0 Å². The Balaban J connectivity index is 2.88. The van der Waals surface area contributed by atoms with Gasteiger partial charge in [0.1, 0.15) is 6.04 Å². The first-order valence-corrected chi connectivity index (χ1v) is 4.74. The van der Waals surface area contributed by atoms with E-state index in [1.807, 2.05) is 0 Å². The second-order valence-corrected chi connectivity index (χ2v) is 3.73. The number of carbonyl (C=O) groups excluding carboxylic acids is 2.